The van der Waals surface area contributed by atoms with Gasteiger partial charge in [0, 0.05) is 24.7 Å². The average Bonchev–Trinajstić information content (AvgIpc) is 2.59. The van der Waals surface area contributed by atoms with E-state index in [0.29, 0.717) is 17.1 Å². The van der Waals surface area contributed by atoms with Gasteiger partial charge >= 0.3 is 0 Å². The number of amides is 1. The Hall–Kier alpha value is -1.71. The van der Waals surface area contributed by atoms with Crippen molar-refractivity contribution in [2.75, 3.05) is 27.3 Å². The second kappa shape index (κ2) is 10.9. The predicted molar refractivity (Wildman–Crippen MR) is 94.5 cm³/mol. The van der Waals surface area contributed by atoms with Crippen LogP contribution >= 0.6 is 0 Å². The van der Waals surface area contributed by atoms with Gasteiger partial charge in [-0.3, -0.25) is 4.79 Å². The molecule has 130 valence electrons. The van der Waals surface area contributed by atoms with Crippen molar-refractivity contribution >= 4 is 5.91 Å². The molecule has 0 aliphatic rings. The van der Waals surface area contributed by atoms with Crippen LogP contribution in [0.25, 0.3) is 0 Å². The Balaban J connectivity index is 2.88. The van der Waals surface area contributed by atoms with Crippen molar-refractivity contribution in [3.63, 3.8) is 0 Å². The third-order valence-electron chi connectivity index (χ3n) is 3.95. The van der Waals surface area contributed by atoms with E-state index < -0.39 is 0 Å². The predicted octanol–water partition coefficient (Wildman–Crippen LogP) is 4.53. The number of rotatable bonds is 11. The Bertz CT molecular complexity index is 441. The van der Waals surface area contributed by atoms with Crippen molar-refractivity contribution in [3.05, 3.63) is 23.8 Å². The van der Waals surface area contributed by atoms with Gasteiger partial charge in [0.2, 0.25) is 0 Å². The molecule has 4 heteroatoms. The van der Waals surface area contributed by atoms with Crippen LogP contribution in [0.3, 0.4) is 0 Å². The maximum absolute atomic E-state index is 12.9. The molecule has 1 aromatic rings. The van der Waals surface area contributed by atoms with Gasteiger partial charge in [0.1, 0.15) is 11.5 Å². The number of carbonyl (C=O) groups is 1. The van der Waals surface area contributed by atoms with Gasteiger partial charge in [0.25, 0.3) is 5.91 Å². The minimum Gasteiger partial charge on any atom is -0.497 e. The first-order chi connectivity index (χ1) is 11.2. The van der Waals surface area contributed by atoms with Gasteiger partial charge in [-0.15, -0.1) is 0 Å². The Morgan fingerprint density at radius 1 is 0.870 bits per heavy atom. The quantitative estimate of drug-likeness (QED) is 0.562. The topological polar surface area (TPSA) is 38.8 Å². The number of hydrogen-bond donors (Lipinski definition) is 0. The van der Waals surface area contributed by atoms with E-state index in [9.17, 15) is 4.79 Å². The molecule has 0 aromatic heterocycles. The summed E-state index contributed by atoms with van der Waals surface area (Å²) in [5, 5.41) is 0. The lowest BCUT2D eigenvalue weighted by atomic mass is 10.1. The first kappa shape index (κ1) is 19.3. The number of benzene rings is 1. The van der Waals surface area contributed by atoms with Crippen LogP contribution in [0.5, 0.6) is 11.5 Å². The molecule has 0 fully saturated rings. The summed E-state index contributed by atoms with van der Waals surface area (Å²) in [5.74, 6) is 1.36. The SMILES string of the molecule is CCCCCN(CCCCC)C(=O)c1cc(OC)cc(OC)c1. The number of carbonyl (C=O) groups excluding carboxylic acids is 1. The van der Waals surface area contributed by atoms with Crippen LogP contribution in [0.2, 0.25) is 0 Å². The molecular weight excluding hydrogens is 290 g/mol. The number of ether oxygens (including phenoxy) is 2. The fraction of sp³-hybridized carbons (Fsp3) is 0.632. The Morgan fingerprint density at radius 2 is 1.35 bits per heavy atom. The molecule has 0 heterocycles. The molecule has 0 unspecified atom stereocenters. The highest BCUT2D eigenvalue weighted by Gasteiger charge is 2.17. The lowest BCUT2D eigenvalue weighted by molar-refractivity contribution is 0.0749. The fourth-order valence-corrected chi connectivity index (χ4v) is 2.53. The zero-order valence-corrected chi connectivity index (χ0v) is 15.1. The second-order valence-corrected chi connectivity index (χ2v) is 5.81. The van der Waals surface area contributed by atoms with Gasteiger partial charge in [0.05, 0.1) is 14.2 Å². The van der Waals surface area contributed by atoms with E-state index in [1.54, 1.807) is 32.4 Å². The lowest BCUT2D eigenvalue weighted by Gasteiger charge is -2.23. The Kier molecular flexibility index (Phi) is 9.18. The number of methoxy groups -OCH3 is 2. The van der Waals surface area contributed by atoms with Crippen molar-refractivity contribution in [2.24, 2.45) is 0 Å². The minimum atomic E-state index is 0.0643. The van der Waals surface area contributed by atoms with Crippen molar-refractivity contribution in [1.29, 1.82) is 0 Å². The minimum absolute atomic E-state index is 0.0643. The summed E-state index contributed by atoms with van der Waals surface area (Å²) in [4.78, 5) is 14.9. The number of hydrogen-bond acceptors (Lipinski definition) is 3. The van der Waals surface area contributed by atoms with Gasteiger partial charge < -0.3 is 14.4 Å². The summed E-state index contributed by atoms with van der Waals surface area (Å²) < 4.78 is 10.5. The molecule has 0 radical (unpaired) electrons. The summed E-state index contributed by atoms with van der Waals surface area (Å²) in [5.41, 5.74) is 0.634. The summed E-state index contributed by atoms with van der Waals surface area (Å²) in [6.45, 7) is 5.98. The van der Waals surface area contributed by atoms with E-state index in [4.69, 9.17) is 9.47 Å². The van der Waals surface area contributed by atoms with Crippen LogP contribution in [0.1, 0.15) is 62.7 Å². The molecule has 1 amide bonds. The molecule has 1 aromatic carbocycles. The van der Waals surface area contributed by atoms with Crippen LogP contribution in [-0.4, -0.2) is 38.1 Å². The smallest absolute Gasteiger partial charge is 0.254 e. The van der Waals surface area contributed by atoms with E-state index in [0.717, 1.165) is 51.6 Å². The van der Waals surface area contributed by atoms with Gasteiger partial charge in [0.15, 0.2) is 0 Å². The van der Waals surface area contributed by atoms with Crippen LogP contribution in [0.4, 0.5) is 0 Å². The van der Waals surface area contributed by atoms with E-state index >= 15 is 0 Å². The molecule has 0 saturated carbocycles. The standard InChI is InChI=1S/C19H31NO3/c1-5-7-9-11-20(12-10-8-6-2)19(21)16-13-17(22-3)15-18(14-16)23-4/h13-15H,5-12H2,1-4H3. The molecule has 0 N–H and O–H groups in total. The van der Waals surface area contributed by atoms with Crippen LogP contribution < -0.4 is 9.47 Å². The van der Waals surface area contributed by atoms with Crippen molar-refractivity contribution in [3.8, 4) is 11.5 Å². The number of nitrogens with zero attached hydrogens (tertiary/aromatic N) is 1. The van der Waals surface area contributed by atoms with Gasteiger partial charge in [-0.2, -0.15) is 0 Å². The summed E-state index contributed by atoms with van der Waals surface area (Å²) in [6, 6.07) is 5.37. The highest BCUT2D eigenvalue weighted by atomic mass is 16.5. The largest absolute Gasteiger partial charge is 0.497 e. The molecule has 1 rings (SSSR count). The van der Waals surface area contributed by atoms with Crippen LogP contribution in [0.15, 0.2) is 18.2 Å². The molecule has 0 saturated heterocycles. The van der Waals surface area contributed by atoms with Gasteiger partial charge in [-0.1, -0.05) is 39.5 Å². The van der Waals surface area contributed by atoms with E-state index in [1.807, 2.05) is 4.90 Å². The zero-order chi connectivity index (χ0) is 17.1. The second-order valence-electron chi connectivity index (χ2n) is 5.81. The summed E-state index contributed by atoms with van der Waals surface area (Å²) >= 11 is 0. The summed E-state index contributed by atoms with van der Waals surface area (Å²) in [7, 11) is 3.20. The Labute approximate surface area is 140 Å². The maximum Gasteiger partial charge on any atom is 0.254 e. The molecule has 0 bridgehead atoms. The molecule has 0 aliphatic carbocycles. The third kappa shape index (κ3) is 6.51. The Morgan fingerprint density at radius 3 is 1.74 bits per heavy atom. The molecular formula is C19H31NO3. The first-order valence-electron chi connectivity index (χ1n) is 8.68. The van der Waals surface area contributed by atoms with Crippen LogP contribution in [-0.2, 0) is 0 Å². The number of unbranched alkanes of at least 4 members (excludes halogenated alkanes) is 4. The molecule has 0 spiro atoms. The van der Waals surface area contributed by atoms with Crippen LogP contribution in [0, 0.1) is 0 Å². The maximum atomic E-state index is 12.9. The molecule has 23 heavy (non-hydrogen) atoms. The van der Waals surface area contributed by atoms with Gasteiger partial charge in [-0.05, 0) is 25.0 Å². The molecule has 0 aliphatic heterocycles. The van der Waals surface area contributed by atoms with Crippen molar-refractivity contribution in [1.82, 2.24) is 4.90 Å². The lowest BCUT2D eigenvalue weighted by Crippen LogP contribution is -2.33. The van der Waals surface area contributed by atoms with E-state index in [-0.39, 0.29) is 5.91 Å². The average molecular weight is 321 g/mol. The normalized spacial score (nSPS) is 10.4. The van der Waals surface area contributed by atoms with Crippen molar-refractivity contribution < 1.29 is 14.3 Å². The van der Waals surface area contributed by atoms with E-state index in [1.165, 1.54) is 0 Å². The monoisotopic (exact) mass is 321 g/mol. The first-order valence-corrected chi connectivity index (χ1v) is 8.68. The highest BCUT2D eigenvalue weighted by molar-refractivity contribution is 5.95. The highest BCUT2D eigenvalue weighted by Crippen LogP contribution is 2.23. The zero-order valence-electron chi connectivity index (χ0n) is 15.1. The van der Waals surface area contributed by atoms with Crippen molar-refractivity contribution in [2.45, 2.75) is 52.4 Å². The third-order valence-corrected chi connectivity index (χ3v) is 3.95. The molecule has 4 nitrogen and oxygen atoms in total. The van der Waals surface area contributed by atoms with Gasteiger partial charge in [-0.25, -0.2) is 0 Å². The fourth-order valence-electron chi connectivity index (χ4n) is 2.53. The molecule has 0 atom stereocenters. The van der Waals surface area contributed by atoms with E-state index in [2.05, 4.69) is 13.8 Å². The summed E-state index contributed by atoms with van der Waals surface area (Å²) in [6.07, 6.45) is 6.72.